The van der Waals surface area contributed by atoms with Crippen LogP contribution in [0.3, 0.4) is 0 Å². The Hall–Kier alpha value is -2.93. The zero-order chi connectivity index (χ0) is 19.7. The fourth-order valence-corrected chi connectivity index (χ4v) is 3.95. The number of nitrogens with zero attached hydrogens (tertiary/aromatic N) is 5. The first-order valence-electron chi connectivity index (χ1n) is 9.60. The molecule has 1 atom stereocenters. The largest absolute Gasteiger partial charge is 0.493 e. The molecule has 3 heterocycles. The number of benzene rings is 1. The summed E-state index contributed by atoms with van der Waals surface area (Å²) in [4.78, 5) is 21.7. The maximum Gasteiger partial charge on any atom is 0.259 e. The monoisotopic (exact) mass is 379 g/mol. The van der Waals surface area contributed by atoms with E-state index in [4.69, 9.17) is 0 Å². The SMILES string of the molecule is CN1CCCC(CN(C)C(=O)c2cnn3c(O)cc(-c4ccccc4)nc23)C1. The first-order valence-corrected chi connectivity index (χ1v) is 9.60. The number of hydrogen-bond acceptors (Lipinski definition) is 5. The molecule has 1 aromatic carbocycles. The van der Waals surface area contributed by atoms with Gasteiger partial charge in [-0.25, -0.2) is 4.98 Å². The van der Waals surface area contributed by atoms with Crippen LogP contribution in [0.25, 0.3) is 16.9 Å². The number of hydrogen-bond donors (Lipinski definition) is 1. The Morgan fingerprint density at radius 1 is 1.32 bits per heavy atom. The number of carbonyl (C=O) groups excluding carboxylic acids is 1. The molecule has 1 unspecified atom stereocenters. The molecule has 146 valence electrons. The number of aromatic hydroxyl groups is 1. The van der Waals surface area contributed by atoms with Crippen LogP contribution in [0.5, 0.6) is 5.88 Å². The first kappa shape index (κ1) is 18.4. The molecule has 1 amide bonds. The van der Waals surface area contributed by atoms with Crippen LogP contribution in [0.4, 0.5) is 0 Å². The highest BCUT2D eigenvalue weighted by Crippen LogP contribution is 2.25. The summed E-state index contributed by atoms with van der Waals surface area (Å²) in [6.07, 6.45) is 3.78. The van der Waals surface area contributed by atoms with E-state index in [1.807, 2.05) is 37.4 Å². The minimum absolute atomic E-state index is 0.0422. The van der Waals surface area contributed by atoms with Crippen molar-refractivity contribution >= 4 is 11.6 Å². The number of carbonyl (C=O) groups is 1. The quantitative estimate of drug-likeness (QED) is 0.754. The van der Waals surface area contributed by atoms with Crippen molar-refractivity contribution in [3.8, 4) is 17.1 Å². The van der Waals surface area contributed by atoms with E-state index in [0.717, 1.165) is 31.5 Å². The van der Waals surface area contributed by atoms with Gasteiger partial charge in [-0.3, -0.25) is 4.79 Å². The summed E-state index contributed by atoms with van der Waals surface area (Å²) >= 11 is 0. The fourth-order valence-electron chi connectivity index (χ4n) is 3.95. The van der Waals surface area contributed by atoms with Crippen LogP contribution in [-0.2, 0) is 0 Å². The lowest BCUT2D eigenvalue weighted by atomic mass is 9.98. The Morgan fingerprint density at radius 2 is 2.11 bits per heavy atom. The highest BCUT2D eigenvalue weighted by Gasteiger charge is 2.24. The molecule has 28 heavy (non-hydrogen) atoms. The molecule has 2 aromatic heterocycles. The Kier molecular flexibility index (Phi) is 5.00. The Balaban J connectivity index is 1.62. The molecule has 1 saturated heterocycles. The van der Waals surface area contributed by atoms with Crippen molar-refractivity contribution in [2.75, 3.05) is 33.7 Å². The van der Waals surface area contributed by atoms with Gasteiger partial charge in [0.15, 0.2) is 5.65 Å². The second-order valence-corrected chi connectivity index (χ2v) is 7.62. The van der Waals surface area contributed by atoms with Gasteiger partial charge in [0.2, 0.25) is 5.88 Å². The maximum atomic E-state index is 13.1. The third kappa shape index (κ3) is 3.57. The molecule has 4 rings (SSSR count). The van der Waals surface area contributed by atoms with E-state index in [-0.39, 0.29) is 11.8 Å². The Bertz CT molecular complexity index is 985. The fraction of sp³-hybridized carbons (Fsp3) is 0.381. The van der Waals surface area contributed by atoms with Gasteiger partial charge in [-0.15, -0.1) is 0 Å². The molecular weight excluding hydrogens is 354 g/mol. The smallest absolute Gasteiger partial charge is 0.259 e. The minimum atomic E-state index is -0.125. The standard InChI is InChI=1S/C21H25N5O2/c1-24-10-6-7-15(13-24)14-25(2)21(28)17-12-22-26-19(27)11-18(23-20(17)26)16-8-4-3-5-9-16/h3-5,8-9,11-12,15,27H,6-7,10,13-14H2,1-2H3. The van der Waals surface area contributed by atoms with Crippen LogP contribution in [-0.4, -0.2) is 69.1 Å². The van der Waals surface area contributed by atoms with E-state index < -0.39 is 0 Å². The van der Waals surface area contributed by atoms with Gasteiger partial charge in [0, 0.05) is 31.8 Å². The summed E-state index contributed by atoms with van der Waals surface area (Å²) in [5, 5.41) is 14.5. The van der Waals surface area contributed by atoms with Gasteiger partial charge in [-0.1, -0.05) is 30.3 Å². The number of aromatic nitrogens is 3. The van der Waals surface area contributed by atoms with Crippen molar-refractivity contribution in [1.29, 1.82) is 0 Å². The lowest BCUT2D eigenvalue weighted by Crippen LogP contribution is -2.40. The Labute approximate surface area is 164 Å². The van der Waals surface area contributed by atoms with Crippen LogP contribution in [0.1, 0.15) is 23.2 Å². The molecule has 0 radical (unpaired) electrons. The van der Waals surface area contributed by atoms with Gasteiger partial charge in [-0.2, -0.15) is 9.61 Å². The summed E-state index contributed by atoms with van der Waals surface area (Å²) in [5.74, 6) is 0.301. The number of piperidine rings is 1. The van der Waals surface area contributed by atoms with Gasteiger partial charge in [0.05, 0.1) is 11.9 Å². The molecule has 1 aliphatic rings. The normalized spacial score (nSPS) is 17.7. The molecule has 1 aliphatic heterocycles. The summed E-state index contributed by atoms with van der Waals surface area (Å²) < 4.78 is 1.31. The van der Waals surface area contributed by atoms with Crippen LogP contribution < -0.4 is 0 Å². The third-order valence-corrected chi connectivity index (χ3v) is 5.35. The van der Waals surface area contributed by atoms with E-state index in [2.05, 4.69) is 22.0 Å². The number of amides is 1. The van der Waals surface area contributed by atoms with Gasteiger partial charge in [0.1, 0.15) is 5.56 Å². The van der Waals surface area contributed by atoms with Crippen molar-refractivity contribution < 1.29 is 9.90 Å². The predicted molar refractivity (Wildman–Crippen MR) is 107 cm³/mol. The third-order valence-electron chi connectivity index (χ3n) is 5.35. The van der Waals surface area contributed by atoms with E-state index >= 15 is 0 Å². The van der Waals surface area contributed by atoms with Crippen LogP contribution >= 0.6 is 0 Å². The van der Waals surface area contributed by atoms with E-state index in [1.54, 1.807) is 11.0 Å². The molecular formula is C21H25N5O2. The van der Waals surface area contributed by atoms with E-state index in [9.17, 15) is 9.90 Å². The molecule has 0 spiro atoms. The molecule has 1 N–H and O–H groups in total. The summed E-state index contributed by atoms with van der Waals surface area (Å²) in [6.45, 7) is 2.82. The molecule has 3 aromatic rings. The predicted octanol–water partition coefficient (Wildman–Crippen LogP) is 2.52. The van der Waals surface area contributed by atoms with Crippen LogP contribution in [0.2, 0.25) is 0 Å². The lowest BCUT2D eigenvalue weighted by Gasteiger charge is -2.32. The van der Waals surface area contributed by atoms with E-state index in [1.165, 1.54) is 10.7 Å². The summed E-state index contributed by atoms with van der Waals surface area (Å²) in [6, 6.07) is 11.1. The van der Waals surface area contributed by atoms with Crippen molar-refractivity contribution in [3.63, 3.8) is 0 Å². The van der Waals surface area contributed by atoms with Crippen molar-refractivity contribution in [2.24, 2.45) is 5.92 Å². The Morgan fingerprint density at radius 3 is 2.86 bits per heavy atom. The molecule has 7 nitrogen and oxygen atoms in total. The zero-order valence-electron chi connectivity index (χ0n) is 16.2. The highest BCUT2D eigenvalue weighted by molar-refractivity contribution is 5.99. The number of fused-ring (bicyclic) bond motifs is 1. The van der Waals surface area contributed by atoms with Crippen LogP contribution in [0.15, 0.2) is 42.6 Å². The molecule has 7 heteroatoms. The second kappa shape index (κ2) is 7.59. The van der Waals surface area contributed by atoms with Gasteiger partial charge in [-0.05, 0) is 32.4 Å². The average Bonchev–Trinajstić information content (AvgIpc) is 3.12. The summed E-state index contributed by atoms with van der Waals surface area (Å²) in [5.41, 5.74) is 2.26. The topological polar surface area (TPSA) is 74.0 Å². The van der Waals surface area contributed by atoms with Gasteiger partial charge < -0.3 is 14.9 Å². The second-order valence-electron chi connectivity index (χ2n) is 7.62. The number of likely N-dealkylation sites (tertiary alicyclic amines) is 1. The molecule has 1 fully saturated rings. The van der Waals surface area contributed by atoms with Crippen molar-refractivity contribution in [1.82, 2.24) is 24.4 Å². The highest BCUT2D eigenvalue weighted by atomic mass is 16.3. The number of rotatable bonds is 4. The minimum Gasteiger partial charge on any atom is -0.493 e. The molecule has 0 bridgehead atoms. The first-order chi connectivity index (χ1) is 13.5. The molecule has 0 saturated carbocycles. The molecule has 0 aliphatic carbocycles. The lowest BCUT2D eigenvalue weighted by molar-refractivity contribution is 0.0742. The maximum absolute atomic E-state index is 13.1. The zero-order valence-corrected chi connectivity index (χ0v) is 16.2. The van der Waals surface area contributed by atoms with Crippen LogP contribution in [0, 0.1) is 5.92 Å². The van der Waals surface area contributed by atoms with Crippen molar-refractivity contribution in [2.45, 2.75) is 12.8 Å². The average molecular weight is 379 g/mol. The summed E-state index contributed by atoms with van der Waals surface area (Å²) in [7, 11) is 3.94. The van der Waals surface area contributed by atoms with Gasteiger partial charge in [0.25, 0.3) is 5.91 Å². The van der Waals surface area contributed by atoms with Crippen molar-refractivity contribution in [3.05, 3.63) is 48.2 Å². The van der Waals surface area contributed by atoms with E-state index in [0.29, 0.717) is 29.4 Å². The van der Waals surface area contributed by atoms with Gasteiger partial charge >= 0.3 is 0 Å².